The minimum absolute atomic E-state index is 0.0216. The molecule has 0 bridgehead atoms. The van der Waals surface area contributed by atoms with Crippen LogP contribution in [0.15, 0.2) is 218 Å². The molecule has 0 N–H and O–H groups in total. The van der Waals surface area contributed by atoms with Gasteiger partial charge in [-0.2, -0.15) is 0 Å². The number of para-hydroxylation sites is 2. The molecule has 0 saturated heterocycles. The van der Waals surface area contributed by atoms with Gasteiger partial charge in [-0.25, -0.2) is 0 Å². The number of aryl methyl sites for hydroxylation is 2. The maximum Gasteiger partial charge on any atom is 0.0491 e. The van der Waals surface area contributed by atoms with Crippen LogP contribution in [0.5, 0.6) is 0 Å². The van der Waals surface area contributed by atoms with Crippen LogP contribution in [-0.2, 0) is 23.9 Å². The molecule has 11 aromatic carbocycles. The van der Waals surface area contributed by atoms with E-state index in [1.54, 1.807) is 0 Å². The molecule has 0 aliphatic carbocycles. The van der Waals surface area contributed by atoms with Crippen LogP contribution < -0.4 is 0 Å². The molecule has 0 amide bonds. The largest absolute Gasteiger partial charge is 0.341 e. The van der Waals surface area contributed by atoms with Crippen molar-refractivity contribution in [3.05, 3.63) is 230 Å². The fraction of sp³-hybridized carbons (Fsp3) is 0.162. The zero-order chi connectivity index (χ0) is 52.0. The summed E-state index contributed by atoms with van der Waals surface area (Å²) in [6, 6.07) is 82.8. The van der Waals surface area contributed by atoms with E-state index < -0.39 is 0 Å². The highest BCUT2D eigenvalue weighted by Crippen LogP contribution is 2.47. The molecule has 13 aromatic rings. The van der Waals surface area contributed by atoms with Crippen molar-refractivity contribution in [2.24, 2.45) is 0 Å². The van der Waals surface area contributed by atoms with Gasteiger partial charge in [-0.1, -0.05) is 211 Å². The van der Waals surface area contributed by atoms with Gasteiger partial charge in [0.25, 0.3) is 0 Å². The van der Waals surface area contributed by atoms with E-state index in [-0.39, 0.29) is 10.8 Å². The lowest BCUT2D eigenvalue weighted by Crippen LogP contribution is -2.11. The first-order valence-electron chi connectivity index (χ1n) is 27.3. The van der Waals surface area contributed by atoms with E-state index in [0.717, 1.165) is 13.1 Å². The molecule has 0 saturated carbocycles. The summed E-state index contributed by atoms with van der Waals surface area (Å²) in [5, 5.41) is 10.4. The third-order valence-corrected chi connectivity index (χ3v) is 16.5. The number of benzene rings is 11. The molecule has 2 aromatic heterocycles. The molecule has 0 radical (unpaired) electrons. The maximum atomic E-state index is 2.48. The standard InChI is InChI=1S/C74H64N2/c1-9-75-67-17-13-11-15-59(67)63-43-55(35-41-69(63)75)51-23-19-47(20-24-51)49-27-31-53(32-28-49)71-61-39-37-58(74(6,7)8)46-66(61)72(62-40-38-57(45-65(62)71)73(3,4)5)54-33-29-50(30-34-54)48-21-25-52(26-22-48)56-36-42-70-64(44-56)60-16-12-14-18-68(60)76(70)10-2/h11-46H,9-10H2,1-8H3. The van der Waals surface area contributed by atoms with Crippen molar-refractivity contribution in [1.29, 1.82) is 0 Å². The van der Waals surface area contributed by atoms with Gasteiger partial charge in [0.05, 0.1) is 0 Å². The lowest BCUT2D eigenvalue weighted by atomic mass is 9.79. The Morgan fingerprint density at radius 2 is 0.539 bits per heavy atom. The summed E-state index contributed by atoms with van der Waals surface area (Å²) < 4.78 is 4.84. The smallest absolute Gasteiger partial charge is 0.0491 e. The molecule has 0 fully saturated rings. The number of hydrogen-bond donors (Lipinski definition) is 0. The van der Waals surface area contributed by atoms with Crippen molar-refractivity contribution in [3.8, 4) is 66.8 Å². The van der Waals surface area contributed by atoms with Gasteiger partial charge in [0.1, 0.15) is 0 Å². The summed E-state index contributed by atoms with van der Waals surface area (Å²) in [6.45, 7) is 20.3. The first-order chi connectivity index (χ1) is 36.8. The zero-order valence-electron chi connectivity index (χ0n) is 45.1. The summed E-state index contributed by atoms with van der Waals surface area (Å²) in [5.41, 5.74) is 22.6. The Labute approximate surface area is 447 Å². The first kappa shape index (κ1) is 47.3. The van der Waals surface area contributed by atoms with Crippen molar-refractivity contribution >= 4 is 65.2 Å². The van der Waals surface area contributed by atoms with E-state index >= 15 is 0 Å². The van der Waals surface area contributed by atoms with Crippen LogP contribution in [0.4, 0.5) is 0 Å². The summed E-state index contributed by atoms with van der Waals surface area (Å²) in [4.78, 5) is 0. The average molecular weight is 981 g/mol. The summed E-state index contributed by atoms with van der Waals surface area (Å²) >= 11 is 0. The van der Waals surface area contributed by atoms with E-state index in [1.165, 1.54) is 143 Å². The fourth-order valence-electron chi connectivity index (χ4n) is 12.3. The molecule has 370 valence electrons. The second kappa shape index (κ2) is 18.1. The SMILES string of the molecule is CCn1c2ccccc2c2cc(-c3ccc(-c4ccc(-c5c6ccc(C(C)(C)C)cc6c(-c6ccc(-c7ccc(-c8ccc9c(c8)c8ccccc8n9CC)cc7)cc6)c6ccc(C(C)(C)C)cc56)cc4)cc3)ccc21. The van der Waals surface area contributed by atoms with Gasteiger partial charge in [-0.15, -0.1) is 0 Å². The van der Waals surface area contributed by atoms with Gasteiger partial charge in [-0.05, 0) is 173 Å². The molecule has 2 heteroatoms. The normalized spacial score (nSPS) is 12.3. The van der Waals surface area contributed by atoms with Crippen LogP contribution in [0.25, 0.3) is 132 Å². The minimum Gasteiger partial charge on any atom is -0.341 e. The van der Waals surface area contributed by atoms with E-state index in [4.69, 9.17) is 0 Å². The highest BCUT2D eigenvalue weighted by molar-refractivity contribution is 6.22. The van der Waals surface area contributed by atoms with Gasteiger partial charge in [0.15, 0.2) is 0 Å². The number of rotatable bonds is 8. The third-order valence-electron chi connectivity index (χ3n) is 16.5. The molecule has 2 nitrogen and oxygen atoms in total. The van der Waals surface area contributed by atoms with Crippen LogP contribution in [-0.4, -0.2) is 9.13 Å². The third kappa shape index (κ3) is 7.93. The average Bonchev–Trinajstić information content (AvgIpc) is 3.97. The molecule has 76 heavy (non-hydrogen) atoms. The second-order valence-electron chi connectivity index (χ2n) is 23.1. The first-order valence-corrected chi connectivity index (χ1v) is 27.3. The van der Waals surface area contributed by atoms with Gasteiger partial charge >= 0.3 is 0 Å². The fourth-order valence-corrected chi connectivity index (χ4v) is 12.3. The van der Waals surface area contributed by atoms with E-state index in [1.807, 2.05) is 0 Å². The van der Waals surface area contributed by atoms with Crippen molar-refractivity contribution in [2.45, 2.75) is 79.3 Å². The Morgan fingerprint density at radius 1 is 0.250 bits per heavy atom. The number of hydrogen-bond acceptors (Lipinski definition) is 0. The van der Waals surface area contributed by atoms with E-state index in [2.05, 4.69) is 283 Å². The molecular weight excluding hydrogens is 917 g/mol. The summed E-state index contributed by atoms with van der Waals surface area (Å²) in [7, 11) is 0. The molecule has 13 rings (SSSR count). The zero-order valence-corrected chi connectivity index (χ0v) is 45.1. The van der Waals surface area contributed by atoms with Crippen LogP contribution in [0, 0.1) is 0 Å². The molecule has 0 unspecified atom stereocenters. The van der Waals surface area contributed by atoms with E-state index in [0.29, 0.717) is 0 Å². The van der Waals surface area contributed by atoms with Crippen molar-refractivity contribution < 1.29 is 0 Å². The highest BCUT2D eigenvalue weighted by Gasteiger charge is 2.23. The number of aromatic nitrogens is 2. The number of fused-ring (bicyclic) bond motifs is 8. The molecule has 0 aliphatic heterocycles. The highest BCUT2D eigenvalue weighted by atomic mass is 15.0. The molecule has 0 aliphatic rings. The topological polar surface area (TPSA) is 9.86 Å². The predicted octanol–water partition coefficient (Wildman–Crippen LogP) is 20.8. The van der Waals surface area contributed by atoms with Crippen LogP contribution in [0.3, 0.4) is 0 Å². The summed E-state index contributed by atoms with van der Waals surface area (Å²) in [6.07, 6.45) is 0. The van der Waals surface area contributed by atoms with E-state index in [9.17, 15) is 0 Å². The molecular formula is C74H64N2. The van der Waals surface area contributed by atoms with Crippen LogP contribution in [0.1, 0.15) is 66.5 Å². The lowest BCUT2D eigenvalue weighted by Gasteiger charge is -2.25. The van der Waals surface area contributed by atoms with Crippen molar-refractivity contribution in [2.75, 3.05) is 0 Å². The van der Waals surface area contributed by atoms with Gasteiger partial charge in [0.2, 0.25) is 0 Å². The Bertz CT molecular complexity index is 4090. The lowest BCUT2D eigenvalue weighted by molar-refractivity contribution is 0.590. The summed E-state index contributed by atoms with van der Waals surface area (Å²) in [5.74, 6) is 0. The predicted molar refractivity (Wildman–Crippen MR) is 329 cm³/mol. The monoisotopic (exact) mass is 981 g/mol. The molecule has 2 heterocycles. The Kier molecular flexibility index (Phi) is 11.3. The Hall–Kier alpha value is -8.46. The quantitative estimate of drug-likeness (QED) is 0.134. The Morgan fingerprint density at radius 3 is 0.868 bits per heavy atom. The van der Waals surface area contributed by atoms with Crippen molar-refractivity contribution in [1.82, 2.24) is 9.13 Å². The Balaban J connectivity index is 0.867. The van der Waals surface area contributed by atoms with Gasteiger partial charge in [0, 0.05) is 56.7 Å². The molecule has 0 atom stereocenters. The van der Waals surface area contributed by atoms with Gasteiger partial charge < -0.3 is 9.13 Å². The second-order valence-corrected chi connectivity index (χ2v) is 23.1. The molecule has 0 spiro atoms. The van der Waals surface area contributed by atoms with Crippen molar-refractivity contribution in [3.63, 3.8) is 0 Å². The van der Waals surface area contributed by atoms with Gasteiger partial charge in [-0.3, -0.25) is 0 Å². The van der Waals surface area contributed by atoms with Crippen LogP contribution in [0.2, 0.25) is 0 Å². The minimum atomic E-state index is -0.0216. The number of nitrogens with zero attached hydrogens (tertiary/aromatic N) is 2. The maximum absolute atomic E-state index is 2.48. The van der Waals surface area contributed by atoms with Crippen LogP contribution >= 0.6 is 0 Å².